The third-order valence-electron chi connectivity index (χ3n) is 8.06. The molecule has 8 heteroatoms. The lowest BCUT2D eigenvalue weighted by atomic mass is 9.97. The van der Waals surface area contributed by atoms with Gasteiger partial charge in [-0.2, -0.15) is 0 Å². The SMILES string of the molecule is NCCc1c(CCS(=O)(=O)c2ccc(CCCCC(=O)O)cc2)c2cc(Cl)ccc2n1C(c1ccccc1)c1ccccc1. The van der Waals surface area contributed by atoms with E-state index in [1.165, 1.54) is 0 Å². The molecule has 6 nitrogen and oxygen atoms in total. The third kappa shape index (κ3) is 7.24. The summed E-state index contributed by atoms with van der Waals surface area (Å²) in [6.07, 6.45) is 3.07. The van der Waals surface area contributed by atoms with Crippen LogP contribution in [0.1, 0.15) is 53.3 Å². The molecule has 0 bridgehead atoms. The van der Waals surface area contributed by atoms with Gasteiger partial charge in [0.15, 0.2) is 9.84 Å². The summed E-state index contributed by atoms with van der Waals surface area (Å²) in [5.41, 5.74) is 12.3. The van der Waals surface area contributed by atoms with E-state index in [1.807, 2.05) is 66.7 Å². The molecule has 0 saturated heterocycles. The second-order valence-electron chi connectivity index (χ2n) is 11.0. The Morgan fingerprint density at radius 1 is 0.818 bits per heavy atom. The van der Waals surface area contributed by atoms with Crippen molar-refractivity contribution in [2.75, 3.05) is 12.3 Å². The molecule has 0 aliphatic heterocycles. The number of unbranched alkanes of at least 4 members (excludes halogenated alkanes) is 1. The van der Waals surface area contributed by atoms with Gasteiger partial charge in [0.05, 0.1) is 16.7 Å². The first-order chi connectivity index (χ1) is 21.3. The number of hydrogen-bond acceptors (Lipinski definition) is 4. The Hall–Kier alpha value is -3.91. The maximum atomic E-state index is 13.6. The normalized spacial score (nSPS) is 11.8. The van der Waals surface area contributed by atoms with Crippen molar-refractivity contribution in [2.45, 2.75) is 49.5 Å². The Bertz CT molecular complexity index is 1780. The molecular formula is C36H37ClN2O4S. The molecule has 0 unspecified atom stereocenters. The predicted octanol–water partition coefficient (Wildman–Crippen LogP) is 7.25. The van der Waals surface area contributed by atoms with Crippen molar-refractivity contribution < 1.29 is 18.3 Å². The first-order valence-corrected chi connectivity index (χ1v) is 17.0. The standard InChI is InChI=1S/C36H37ClN2O4S/c37-29-17-20-33-32(25-29)31(22-24-44(42,43)30-18-15-26(16-19-30)9-7-8-14-35(40)41)34(21-23-38)39(33)36(27-10-3-1-4-11-27)28-12-5-2-6-13-28/h1-6,10-13,15-20,25,36H,7-9,14,21-24,38H2,(H,40,41). The molecule has 5 aromatic rings. The van der Waals surface area contributed by atoms with Crippen LogP contribution < -0.4 is 5.73 Å². The van der Waals surface area contributed by atoms with Crippen molar-refractivity contribution >= 4 is 38.3 Å². The van der Waals surface area contributed by atoms with Gasteiger partial charge in [0.25, 0.3) is 0 Å². The lowest BCUT2D eigenvalue weighted by molar-refractivity contribution is -0.137. The molecule has 4 aromatic carbocycles. The zero-order valence-corrected chi connectivity index (χ0v) is 26.1. The molecule has 0 amide bonds. The molecule has 228 valence electrons. The molecule has 1 aromatic heterocycles. The minimum absolute atomic E-state index is 0.0600. The summed E-state index contributed by atoms with van der Waals surface area (Å²) in [7, 11) is -3.59. The summed E-state index contributed by atoms with van der Waals surface area (Å²) in [6.45, 7) is 0.411. The number of carboxylic acid groups (broad SMARTS) is 1. The van der Waals surface area contributed by atoms with Crippen LogP contribution in [0.5, 0.6) is 0 Å². The minimum Gasteiger partial charge on any atom is -0.481 e. The van der Waals surface area contributed by atoms with Gasteiger partial charge in [-0.15, -0.1) is 0 Å². The average Bonchev–Trinajstić information content (AvgIpc) is 3.31. The number of carbonyl (C=O) groups is 1. The average molecular weight is 629 g/mol. The first-order valence-electron chi connectivity index (χ1n) is 14.9. The van der Waals surface area contributed by atoms with Crippen molar-refractivity contribution in [2.24, 2.45) is 5.73 Å². The third-order valence-corrected chi connectivity index (χ3v) is 10.0. The van der Waals surface area contributed by atoms with Crippen molar-refractivity contribution in [3.8, 4) is 0 Å². The van der Waals surface area contributed by atoms with Gasteiger partial charge in [0, 0.05) is 34.5 Å². The molecule has 0 aliphatic rings. The number of hydrogen-bond donors (Lipinski definition) is 2. The second kappa shape index (κ2) is 14.2. The Balaban J connectivity index is 1.51. The van der Waals surface area contributed by atoms with Crippen LogP contribution in [0.4, 0.5) is 0 Å². The molecule has 44 heavy (non-hydrogen) atoms. The number of rotatable bonds is 14. The summed E-state index contributed by atoms with van der Waals surface area (Å²) in [4.78, 5) is 11.0. The van der Waals surface area contributed by atoms with Crippen LogP contribution in [-0.2, 0) is 33.9 Å². The van der Waals surface area contributed by atoms with Crippen LogP contribution >= 0.6 is 11.6 Å². The highest BCUT2D eigenvalue weighted by Gasteiger charge is 2.26. The number of carboxylic acids is 1. The summed E-state index contributed by atoms with van der Waals surface area (Å²) in [6, 6.07) is 33.2. The molecule has 0 spiro atoms. The highest BCUT2D eigenvalue weighted by Crippen LogP contribution is 2.38. The van der Waals surface area contributed by atoms with Crippen LogP contribution in [0, 0.1) is 0 Å². The zero-order chi connectivity index (χ0) is 31.1. The van der Waals surface area contributed by atoms with Gasteiger partial charge < -0.3 is 15.4 Å². The smallest absolute Gasteiger partial charge is 0.303 e. The molecule has 0 radical (unpaired) electrons. The number of aliphatic carboxylic acids is 1. The van der Waals surface area contributed by atoms with Crippen molar-refractivity contribution in [1.29, 1.82) is 0 Å². The summed E-state index contributed by atoms with van der Waals surface area (Å²) in [5.74, 6) is -0.864. The van der Waals surface area contributed by atoms with Crippen molar-refractivity contribution in [3.05, 3.63) is 136 Å². The number of aryl methyl sites for hydroxylation is 2. The van der Waals surface area contributed by atoms with E-state index >= 15 is 0 Å². The molecular weight excluding hydrogens is 592 g/mol. The lowest BCUT2D eigenvalue weighted by Gasteiger charge is -2.25. The fraction of sp³-hybridized carbons (Fsp3) is 0.250. The fourth-order valence-electron chi connectivity index (χ4n) is 5.97. The highest BCUT2D eigenvalue weighted by atomic mass is 35.5. The summed E-state index contributed by atoms with van der Waals surface area (Å²) < 4.78 is 29.5. The van der Waals surface area contributed by atoms with E-state index < -0.39 is 15.8 Å². The quantitative estimate of drug-likeness (QED) is 0.126. The number of benzene rings is 4. The Kier molecular flexibility index (Phi) is 10.2. The van der Waals surface area contributed by atoms with Gasteiger partial charge in [-0.1, -0.05) is 84.4 Å². The Labute approximate surface area is 264 Å². The maximum absolute atomic E-state index is 13.6. The molecule has 3 N–H and O–H groups in total. The van der Waals surface area contributed by atoms with Crippen molar-refractivity contribution in [3.63, 3.8) is 0 Å². The lowest BCUT2D eigenvalue weighted by Crippen LogP contribution is -2.18. The molecule has 0 aliphatic carbocycles. The van der Waals surface area contributed by atoms with E-state index in [9.17, 15) is 13.2 Å². The topological polar surface area (TPSA) is 102 Å². The summed E-state index contributed by atoms with van der Waals surface area (Å²) >= 11 is 6.52. The van der Waals surface area contributed by atoms with E-state index in [4.69, 9.17) is 22.4 Å². The number of halogens is 1. The molecule has 5 rings (SSSR count). The van der Waals surface area contributed by atoms with Gasteiger partial charge >= 0.3 is 5.97 Å². The molecule has 0 atom stereocenters. The molecule has 0 fully saturated rings. The van der Waals surface area contributed by atoms with Crippen LogP contribution in [0.2, 0.25) is 5.02 Å². The first kappa shape index (κ1) is 31.5. The largest absolute Gasteiger partial charge is 0.481 e. The van der Waals surface area contributed by atoms with E-state index in [0.717, 1.165) is 45.3 Å². The fourth-order valence-corrected chi connectivity index (χ4v) is 7.40. The van der Waals surface area contributed by atoms with Crippen LogP contribution in [0.25, 0.3) is 10.9 Å². The number of nitrogens with zero attached hydrogens (tertiary/aromatic N) is 1. The number of fused-ring (bicyclic) bond motifs is 1. The van der Waals surface area contributed by atoms with E-state index in [2.05, 4.69) is 28.8 Å². The zero-order valence-electron chi connectivity index (χ0n) is 24.5. The van der Waals surface area contributed by atoms with Crippen LogP contribution in [0.15, 0.2) is 108 Å². The summed E-state index contributed by atoms with van der Waals surface area (Å²) in [5, 5.41) is 10.4. The molecule has 1 heterocycles. The van der Waals surface area contributed by atoms with Crippen LogP contribution in [0.3, 0.4) is 0 Å². The number of sulfone groups is 1. The van der Waals surface area contributed by atoms with E-state index in [1.54, 1.807) is 12.1 Å². The van der Waals surface area contributed by atoms with E-state index in [0.29, 0.717) is 37.3 Å². The Morgan fingerprint density at radius 2 is 1.45 bits per heavy atom. The monoisotopic (exact) mass is 628 g/mol. The van der Waals surface area contributed by atoms with Crippen molar-refractivity contribution in [1.82, 2.24) is 4.57 Å². The highest BCUT2D eigenvalue weighted by molar-refractivity contribution is 7.91. The maximum Gasteiger partial charge on any atom is 0.303 e. The van der Waals surface area contributed by atoms with Gasteiger partial charge in [-0.25, -0.2) is 8.42 Å². The molecule has 0 saturated carbocycles. The van der Waals surface area contributed by atoms with E-state index in [-0.39, 0.29) is 23.1 Å². The van der Waals surface area contributed by atoms with Gasteiger partial charge in [0.1, 0.15) is 0 Å². The number of aromatic nitrogens is 1. The predicted molar refractivity (Wildman–Crippen MR) is 177 cm³/mol. The second-order valence-corrected chi connectivity index (χ2v) is 13.6. The minimum atomic E-state index is -3.59. The van der Waals surface area contributed by atoms with Gasteiger partial charge in [0.2, 0.25) is 0 Å². The van der Waals surface area contributed by atoms with Gasteiger partial charge in [-0.05, 0) is 84.8 Å². The van der Waals surface area contributed by atoms with Gasteiger partial charge in [-0.3, -0.25) is 4.79 Å². The number of nitrogens with two attached hydrogens (primary N) is 1. The van der Waals surface area contributed by atoms with Crippen LogP contribution in [-0.4, -0.2) is 36.4 Å². The Morgan fingerprint density at radius 3 is 2.05 bits per heavy atom.